The van der Waals surface area contributed by atoms with Gasteiger partial charge in [-0.05, 0) is 57.6 Å². The monoisotopic (exact) mass is 273 g/mol. The van der Waals surface area contributed by atoms with Crippen molar-refractivity contribution in [2.24, 2.45) is 0 Å². The third kappa shape index (κ3) is 3.07. The quantitative estimate of drug-likeness (QED) is 0.831. The topological polar surface area (TPSA) is 23.5 Å². The number of unbranched alkanes of at least 4 members (excludes halogenated alkanes) is 1. The number of aryl methyl sites for hydroxylation is 1. The lowest BCUT2D eigenvalue weighted by atomic mass is 9.82. The van der Waals surface area contributed by atoms with Crippen LogP contribution in [-0.2, 0) is 6.42 Å². The number of piperidine rings is 1. The molecule has 2 nitrogen and oxygen atoms in total. The van der Waals surface area contributed by atoms with E-state index in [0.29, 0.717) is 12.1 Å². The zero-order chi connectivity index (χ0) is 14.0. The normalized spacial score (nSPS) is 33.5. The molecule has 1 aromatic rings. The Balaban J connectivity index is 1.44. The van der Waals surface area contributed by atoms with Crippen molar-refractivity contribution in [1.82, 2.24) is 4.90 Å². The van der Waals surface area contributed by atoms with Crippen LogP contribution in [0.3, 0.4) is 0 Å². The molecule has 1 aromatic carbocycles. The third-order valence-electron chi connectivity index (χ3n) is 5.42. The fourth-order valence-corrected chi connectivity index (χ4v) is 4.17. The van der Waals surface area contributed by atoms with Gasteiger partial charge in [0.1, 0.15) is 0 Å². The molecule has 0 radical (unpaired) electrons. The van der Waals surface area contributed by atoms with Crippen molar-refractivity contribution in [1.29, 1.82) is 0 Å². The molecule has 0 saturated carbocycles. The minimum absolute atomic E-state index is 0.380. The van der Waals surface area contributed by atoms with E-state index in [1.165, 1.54) is 24.8 Å². The van der Waals surface area contributed by atoms with Gasteiger partial charge in [0, 0.05) is 12.1 Å². The molecular weight excluding hydrogens is 246 g/mol. The molecule has 20 heavy (non-hydrogen) atoms. The van der Waals surface area contributed by atoms with Crippen molar-refractivity contribution in [2.45, 2.75) is 69.1 Å². The standard InChI is InChI=1S/C18H27NO/c1-19-16-10-11-17(19)14-18(20,13-16)12-6-5-9-15-7-3-2-4-8-15/h2-4,7-8,16-17,20H,5-6,9-14H2,1H3. The third-order valence-corrected chi connectivity index (χ3v) is 5.42. The van der Waals surface area contributed by atoms with E-state index in [1.807, 2.05) is 0 Å². The molecule has 0 spiro atoms. The second-order valence-electron chi connectivity index (χ2n) is 6.88. The van der Waals surface area contributed by atoms with E-state index in [2.05, 4.69) is 42.3 Å². The maximum Gasteiger partial charge on any atom is 0.0677 e. The van der Waals surface area contributed by atoms with Crippen LogP contribution in [0.2, 0.25) is 0 Å². The molecule has 0 aromatic heterocycles. The molecular formula is C18H27NO. The van der Waals surface area contributed by atoms with E-state index < -0.39 is 0 Å². The van der Waals surface area contributed by atoms with E-state index in [9.17, 15) is 5.11 Å². The van der Waals surface area contributed by atoms with E-state index in [0.717, 1.165) is 32.1 Å². The van der Waals surface area contributed by atoms with E-state index in [-0.39, 0.29) is 5.60 Å². The van der Waals surface area contributed by atoms with Gasteiger partial charge in [0.15, 0.2) is 0 Å². The molecule has 2 unspecified atom stereocenters. The molecule has 2 saturated heterocycles. The van der Waals surface area contributed by atoms with Crippen molar-refractivity contribution in [3.05, 3.63) is 35.9 Å². The number of aliphatic hydroxyl groups is 1. The molecule has 110 valence electrons. The summed E-state index contributed by atoms with van der Waals surface area (Å²) in [5.74, 6) is 0. The summed E-state index contributed by atoms with van der Waals surface area (Å²) < 4.78 is 0. The smallest absolute Gasteiger partial charge is 0.0677 e. The Morgan fingerprint density at radius 3 is 2.40 bits per heavy atom. The van der Waals surface area contributed by atoms with Gasteiger partial charge in [-0.3, -0.25) is 0 Å². The Bertz CT molecular complexity index is 416. The predicted molar refractivity (Wildman–Crippen MR) is 82.8 cm³/mol. The lowest BCUT2D eigenvalue weighted by molar-refractivity contribution is -0.0513. The summed E-state index contributed by atoms with van der Waals surface area (Å²) in [7, 11) is 2.23. The van der Waals surface area contributed by atoms with Gasteiger partial charge in [-0.15, -0.1) is 0 Å². The van der Waals surface area contributed by atoms with Crippen molar-refractivity contribution < 1.29 is 5.11 Å². The molecule has 2 bridgehead atoms. The molecule has 2 atom stereocenters. The Morgan fingerprint density at radius 2 is 1.75 bits per heavy atom. The highest BCUT2D eigenvalue weighted by Gasteiger charge is 2.45. The summed E-state index contributed by atoms with van der Waals surface area (Å²) in [6, 6.07) is 11.9. The van der Waals surface area contributed by atoms with Crippen LogP contribution in [0.15, 0.2) is 30.3 Å². The molecule has 2 heterocycles. The van der Waals surface area contributed by atoms with Gasteiger partial charge in [0.05, 0.1) is 5.60 Å². The van der Waals surface area contributed by atoms with Crippen LogP contribution >= 0.6 is 0 Å². The van der Waals surface area contributed by atoms with Gasteiger partial charge in [0.2, 0.25) is 0 Å². The van der Waals surface area contributed by atoms with Crippen LogP contribution in [0.4, 0.5) is 0 Å². The van der Waals surface area contributed by atoms with Crippen LogP contribution < -0.4 is 0 Å². The van der Waals surface area contributed by atoms with Crippen molar-refractivity contribution >= 4 is 0 Å². The molecule has 2 heteroatoms. The number of benzene rings is 1. The second-order valence-corrected chi connectivity index (χ2v) is 6.88. The minimum atomic E-state index is -0.380. The average molecular weight is 273 g/mol. The van der Waals surface area contributed by atoms with Crippen molar-refractivity contribution in [2.75, 3.05) is 7.05 Å². The Labute approximate surface area is 122 Å². The SMILES string of the molecule is CN1C2CCC1CC(O)(CCCCc1ccccc1)C2. The number of hydrogen-bond donors (Lipinski definition) is 1. The van der Waals surface area contributed by atoms with Crippen LogP contribution in [-0.4, -0.2) is 34.7 Å². The van der Waals surface area contributed by atoms with Gasteiger partial charge in [-0.1, -0.05) is 36.8 Å². The lowest BCUT2D eigenvalue weighted by Gasteiger charge is -2.42. The summed E-state index contributed by atoms with van der Waals surface area (Å²) in [6.45, 7) is 0. The highest BCUT2D eigenvalue weighted by atomic mass is 16.3. The van der Waals surface area contributed by atoms with Gasteiger partial charge < -0.3 is 10.0 Å². The fourth-order valence-electron chi connectivity index (χ4n) is 4.17. The minimum Gasteiger partial charge on any atom is -0.390 e. The largest absolute Gasteiger partial charge is 0.390 e. The summed E-state index contributed by atoms with van der Waals surface area (Å²) in [4.78, 5) is 2.50. The van der Waals surface area contributed by atoms with Crippen LogP contribution in [0.25, 0.3) is 0 Å². The molecule has 1 N–H and O–H groups in total. The molecule has 2 fully saturated rings. The molecule has 3 rings (SSSR count). The summed E-state index contributed by atoms with van der Waals surface area (Å²) in [5, 5.41) is 10.8. The van der Waals surface area contributed by atoms with Crippen LogP contribution in [0.1, 0.15) is 50.5 Å². The highest BCUT2D eigenvalue weighted by Crippen LogP contribution is 2.41. The van der Waals surface area contributed by atoms with Crippen LogP contribution in [0.5, 0.6) is 0 Å². The van der Waals surface area contributed by atoms with Gasteiger partial charge in [-0.25, -0.2) is 0 Å². The lowest BCUT2D eigenvalue weighted by Crippen LogP contribution is -2.49. The average Bonchev–Trinajstić information content (AvgIpc) is 2.68. The Hall–Kier alpha value is -0.860. The first-order chi connectivity index (χ1) is 9.66. The Kier molecular flexibility index (Phi) is 4.13. The molecule has 2 aliphatic rings. The molecule has 2 aliphatic heterocycles. The fraction of sp³-hybridized carbons (Fsp3) is 0.667. The molecule has 0 amide bonds. The number of nitrogens with zero attached hydrogens (tertiary/aromatic N) is 1. The summed E-state index contributed by atoms with van der Waals surface area (Å²) >= 11 is 0. The Morgan fingerprint density at radius 1 is 1.10 bits per heavy atom. The zero-order valence-corrected chi connectivity index (χ0v) is 12.6. The van der Waals surface area contributed by atoms with Gasteiger partial charge in [-0.2, -0.15) is 0 Å². The van der Waals surface area contributed by atoms with Crippen molar-refractivity contribution in [3.8, 4) is 0 Å². The van der Waals surface area contributed by atoms with Crippen LogP contribution in [0, 0.1) is 0 Å². The highest BCUT2D eigenvalue weighted by molar-refractivity contribution is 5.14. The van der Waals surface area contributed by atoms with Gasteiger partial charge >= 0.3 is 0 Å². The van der Waals surface area contributed by atoms with Gasteiger partial charge in [0.25, 0.3) is 0 Å². The van der Waals surface area contributed by atoms with E-state index in [1.54, 1.807) is 0 Å². The number of rotatable bonds is 5. The van der Waals surface area contributed by atoms with E-state index >= 15 is 0 Å². The maximum absolute atomic E-state index is 10.8. The van der Waals surface area contributed by atoms with E-state index in [4.69, 9.17) is 0 Å². The molecule has 0 aliphatic carbocycles. The first kappa shape index (κ1) is 14.1. The summed E-state index contributed by atoms with van der Waals surface area (Å²) in [5.41, 5.74) is 1.04. The number of fused-ring (bicyclic) bond motifs is 2. The number of hydrogen-bond acceptors (Lipinski definition) is 2. The first-order valence-corrected chi connectivity index (χ1v) is 8.15. The predicted octanol–water partition coefficient (Wildman–Crippen LogP) is 3.39. The second kappa shape index (κ2) is 5.87. The summed E-state index contributed by atoms with van der Waals surface area (Å²) in [6.07, 6.45) is 9.02. The first-order valence-electron chi connectivity index (χ1n) is 8.15. The maximum atomic E-state index is 10.8. The van der Waals surface area contributed by atoms with Crippen molar-refractivity contribution in [3.63, 3.8) is 0 Å². The zero-order valence-electron chi connectivity index (χ0n) is 12.6.